The topological polar surface area (TPSA) is 60.9 Å². The van der Waals surface area contributed by atoms with E-state index in [2.05, 4.69) is 16.8 Å². The average Bonchev–Trinajstić information content (AvgIpc) is 2.42. The second-order valence-corrected chi connectivity index (χ2v) is 4.72. The normalized spacial score (nSPS) is 10.1. The minimum atomic E-state index is -0.398. The van der Waals surface area contributed by atoms with Gasteiger partial charge in [-0.25, -0.2) is 9.18 Å². The summed E-state index contributed by atoms with van der Waals surface area (Å²) < 4.78 is 15.5. The van der Waals surface area contributed by atoms with Crippen LogP contribution >= 0.6 is 0 Å². The van der Waals surface area contributed by atoms with Gasteiger partial charge in [0.1, 0.15) is 5.82 Å². The predicted molar refractivity (Wildman–Crippen MR) is 79.4 cm³/mol. The third-order valence-corrected chi connectivity index (χ3v) is 3.06. The number of halogens is 1. The molecular formula is C16H16FN3O. The Balaban J connectivity index is 2.35. The Morgan fingerprint density at radius 1 is 1.33 bits per heavy atom. The van der Waals surface area contributed by atoms with Gasteiger partial charge < -0.3 is 5.73 Å². The standard InChI is InChI=1S/C16H16FN3O/c1-11-8-12(2)20(16(21)19-11)10-14-6-5-13(4-3-7-18)9-15(14)17/h5-6,8-9H,7,10,18H2,1-2H3. The summed E-state index contributed by atoms with van der Waals surface area (Å²) in [6.45, 7) is 3.93. The quantitative estimate of drug-likeness (QED) is 0.847. The molecule has 0 aliphatic rings. The zero-order valence-electron chi connectivity index (χ0n) is 12.0. The Morgan fingerprint density at radius 2 is 2.10 bits per heavy atom. The summed E-state index contributed by atoms with van der Waals surface area (Å²) in [5.41, 5.74) is 7.29. The van der Waals surface area contributed by atoms with E-state index < -0.39 is 5.82 Å². The fourth-order valence-corrected chi connectivity index (χ4v) is 2.04. The van der Waals surface area contributed by atoms with Crippen LogP contribution < -0.4 is 11.4 Å². The molecule has 0 aliphatic heterocycles. The van der Waals surface area contributed by atoms with Gasteiger partial charge in [0.15, 0.2) is 0 Å². The van der Waals surface area contributed by atoms with Gasteiger partial charge in [-0.1, -0.05) is 17.9 Å². The van der Waals surface area contributed by atoms with Crippen LogP contribution in [0.3, 0.4) is 0 Å². The van der Waals surface area contributed by atoms with Crippen LogP contribution in [0.5, 0.6) is 0 Å². The highest BCUT2D eigenvalue weighted by molar-refractivity contribution is 5.37. The second kappa shape index (κ2) is 6.33. The molecule has 2 aromatic rings. The zero-order chi connectivity index (χ0) is 15.4. The molecule has 0 aliphatic carbocycles. The fourth-order valence-electron chi connectivity index (χ4n) is 2.04. The minimum absolute atomic E-state index is 0.147. The van der Waals surface area contributed by atoms with E-state index in [1.165, 1.54) is 10.6 Å². The van der Waals surface area contributed by atoms with Gasteiger partial charge in [-0.2, -0.15) is 4.98 Å². The number of aromatic nitrogens is 2. The van der Waals surface area contributed by atoms with Crippen LogP contribution in [0.2, 0.25) is 0 Å². The lowest BCUT2D eigenvalue weighted by atomic mass is 10.1. The lowest BCUT2D eigenvalue weighted by Gasteiger charge is -2.10. The van der Waals surface area contributed by atoms with Gasteiger partial charge in [0, 0.05) is 22.5 Å². The molecule has 0 saturated heterocycles. The molecule has 0 amide bonds. The van der Waals surface area contributed by atoms with Gasteiger partial charge in [-0.05, 0) is 32.0 Å². The molecular weight excluding hydrogens is 269 g/mol. The van der Waals surface area contributed by atoms with Gasteiger partial charge >= 0.3 is 5.69 Å². The van der Waals surface area contributed by atoms with Crippen molar-refractivity contribution in [2.45, 2.75) is 20.4 Å². The van der Waals surface area contributed by atoms with Crippen molar-refractivity contribution < 1.29 is 4.39 Å². The summed E-state index contributed by atoms with van der Waals surface area (Å²) in [6, 6.07) is 6.48. The Kier molecular flexibility index (Phi) is 4.51. The van der Waals surface area contributed by atoms with E-state index in [9.17, 15) is 9.18 Å². The molecule has 0 unspecified atom stereocenters. The van der Waals surface area contributed by atoms with Crippen molar-refractivity contribution in [3.05, 3.63) is 63.1 Å². The van der Waals surface area contributed by atoms with E-state index >= 15 is 0 Å². The maximum absolute atomic E-state index is 14.1. The number of benzene rings is 1. The first-order chi connectivity index (χ1) is 10.0. The van der Waals surface area contributed by atoms with Gasteiger partial charge in [0.05, 0.1) is 13.1 Å². The highest BCUT2D eigenvalue weighted by Gasteiger charge is 2.08. The van der Waals surface area contributed by atoms with Crippen molar-refractivity contribution in [2.75, 3.05) is 6.54 Å². The average molecular weight is 285 g/mol. The predicted octanol–water partition coefficient (Wildman–Crippen LogP) is 1.36. The van der Waals surface area contributed by atoms with Crippen LogP contribution in [0.25, 0.3) is 0 Å². The van der Waals surface area contributed by atoms with Gasteiger partial charge in [0.25, 0.3) is 0 Å². The molecule has 2 rings (SSSR count). The summed E-state index contributed by atoms with van der Waals surface area (Å²) >= 11 is 0. The van der Waals surface area contributed by atoms with Gasteiger partial charge in [-0.15, -0.1) is 0 Å². The van der Waals surface area contributed by atoms with E-state index in [4.69, 9.17) is 5.73 Å². The van der Waals surface area contributed by atoms with Crippen molar-refractivity contribution in [1.82, 2.24) is 9.55 Å². The van der Waals surface area contributed by atoms with E-state index in [0.29, 0.717) is 16.8 Å². The molecule has 0 atom stereocenters. The molecule has 2 N–H and O–H groups in total. The van der Waals surface area contributed by atoms with Crippen LogP contribution in [0.1, 0.15) is 22.5 Å². The summed E-state index contributed by atoms with van der Waals surface area (Å²) in [5, 5.41) is 0. The number of nitrogens with zero attached hydrogens (tertiary/aromatic N) is 2. The molecule has 1 aromatic carbocycles. The summed E-state index contributed by atoms with van der Waals surface area (Å²) in [7, 11) is 0. The largest absolute Gasteiger partial charge is 0.348 e. The second-order valence-electron chi connectivity index (χ2n) is 4.72. The fraction of sp³-hybridized carbons (Fsp3) is 0.250. The molecule has 1 aromatic heterocycles. The Morgan fingerprint density at radius 3 is 2.71 bits per heavy atom. The van der Waals surface area contributed by atoms with Crippen LogP contribution in [-0.2, 0) is 6.54 Å². The number of rotatable bonds is 2. The first kappa shape index (κ1) is 14.9. The van der Waals surface area contributed by atoms with Crippen molar-refractivity contribution in [2.24, 2.45) is 5.73 Å². The molecule has 21 heavy (non-hydrogen) atoms. The van der Waals surface area contributed by atoms with Crippen LogP contribution in [-0.4, -0.2) is 16.1 Å². The van der Waals surface area contributed by atoms with Crippen molar-refractivity contribution in [1.29, 1.82) is 0 Å². The molecule has 5 heteroatoms. The van der Waals surface area contributed by atoms with Crippen LogP contribution in [0.4, 0.5) is 4.39 Å². The third kappa shape index (κ3) is 3.56. The number of hydrogen-bond acceptors (Lipinski definition) is 3. The van der Waals surface area contributed by atoms with Crippen LogP contribution in [0, 0.1) is 31.5 Å². The number of aryl methyl sites for hydroxylation is 2. The molecule has 0 radical (unpaired) electrons. The number of hydrogen-bond donors (Lipinski definition) is 1. The molecule has 0 saturated carbocycles. The summed E-state index contributed by atoms with van der Waals surface area (Å²) in [5.74, 6) is 5.04. The SMILES string of the molecule is Cc1cc(C)n(Cc2ccc(C#CCN)cc2F)c(=O)n1. The van der Waals surface area contributed by atoms with E-state index in [0.717, 1.165) is 5.69 Å². The molecule has 0 spiro atoms. The molecule has 0 bridgehead atoms. The maximum Gasteiger partial charge on any atom is 0.348 e. The first-order valence-corrected chi connectivity index (χ1v) is 6.53. The lowest BCUT2D eigenvalue weighted by Crippen LogP contribution is -2.26. The van der Waals surface area contributed by atoms with Crippen molar-refractivity contribution in [3.8, 4) is 11.8 Å². The zero-order valence-corrected chi connectivity index (χ0v) is 12.0. The van der Waals surface area contributed by atoms with Crippen molar-refractivity contribution in [3.63, 3.8) is 0 Å². The van der Waals surface area contributed by atoms with E-state index in [-0.39, 0.29) is 18.8 Å². The molecule has 108 valence electrons. The monoisotopic (exact) mass is 285 g/mol. The molecule has 1 heterocycles. The van der Waals surface area contributed by atoms with E-state index in [1.807, 2.05) is 0 Å². The Bertz CT molecular complexity index is 784. The Labute approximate surface area is 122 Å². The first-order valence-electron chi connectivity index (χ1n) is 6.53. The smallest absolute Gasteiger partial charge is 0.320 e. The minimum Gasteiger partial charge on any atom is -0.320 e. The Hall–Kier alpha value is -2.45. The van der Waals surface area contributed by atoms with Crippen LogP contribution in [0.15, 0.2) is 29.1 Å². The van der Waals surface area contributed by atoms with E-state index in [1.54, 1.807) is 32.0 Å². The third-order valence-electron chi connectivity index (χ3n) is 3.06. The molecule has 0 fully saturated rings. The maximum atomic E-state index is 14.1. The highest BCUT2D eigenvalue weighted by Crippen LogP contribution is 2.12. The number of nitrogens with two attached hydrogens (primary N) is 1. The summed E-state index contributed by atoms with van der Waals surface area (Å²) in [6.07, 6.45) is 0. The molecule has 4 nitrogen and oxygen atoms in total. The summed E-state index contributed by atoms with van der Waals surface area (Å²) in [4.78, 5) is 15.7. The lowest BCUT2D eigenvalue weighted by molar-refractivity contribution is 0.588. The van der Waals surface area contributed by atoms with Gasteiger partial charge in [-0.3, -0.25) is 4.57 Å². The van der Waals surface area contributed by atoms with Gasteiger partial charge in [0.2, 0.25) is 0 Å². The highest BCUT2D eigenvalue weighted by atomic mass is 19.1. The van der Waals surface area contributed by atoms with Crippen molar-refractivity contribution >= 4 is 0 Å².